The molecular formula is C28H38N4O3. The average molecular weight is 479 g/mol. The van der Waals surface area contributed by atoms with Crippen LogP contribution in [-0.4, -0.2) is 66.4 Å². The van der Waals surface area contributed by atoms with Crippen molar-refractivity contribution in [2.75, 3.05) is 33.4 Å². The summed E-state index contributed by atoms with van der Waals surface area (Å²) in [5.74, 6) is 0.901. The van der Waals surface area contributed by atoms with Crippen molar-refractivity contribution in [3.05, 3.63) is 52.7 Å². The first-order chi connectivity index (χ1) is 16.5. The van der Waals surface area contributed by atoms with Crippen LogP contribution in [0, 0.1) is 22.7 Å². The van der Waals surface area contributed by atoms with E-state index in [0.29, 0.717) is 50.4 Å². The first-order valence-electron chi connectivity index (χ1n) is 12.3. The predicted octanol–water partition coefficient (Wildman–Crippen LogP) is 4.35. The molecule has 7 heteroatoms. The van der Waals surface area contributed by atoms with Gasteiger partial charge in [0.1, 0.15) is 11.8 Å². The van der Waals surface area contributed by atoms with E-state index in [1.54, 1.807) is 7.11 Å². The first-order valence-corrected chi connectivity index (χ1v) is 12.3. The van der Waals surface area contributed by atoms with Gasteiger partial charge in [-0.3, -0.25) is 4.79 Å². The number of methoxy groups -OCH3 is 1. The Balaban J connectivity index is 1.75. The lowest BCUT2D eigenvalue weighted by Gasteiger charge is -2.40. The Hall–Kier alpha value is -3.11. The summed E-state index contributed by atoms with van der Waals surface area (Å²) >= 11 is 0. The van der Waals surface area contributed by atoms with E-state index in [2.05, 4.69) is 11.0 Å². The fourth-order valence-corrected chi connectivity index (χ4v) is 4.67. The van der Waals surface area contributed by atoms with E-state index in [-0.39, 0.29) is 23.5 Å². The third kappa shape index (κ3) is 6.52. The van der Waals surface area contributed by atoms with Crippen LogP contribution in [0.5, 0.6) is 5.75 Å². The van der Waals surface area contributed by atoms with E-state index < -0.39 is 0 Å². The van der Waals surface area contributed by atoms with Crippen molar-refractivity contribution in [3.63, 3.8) is 0 Å². The molecule has 1 amide bonds. The fraction of sp³-hybridized carbons (Fsp3) is 0.536. The van der Waals surface area contributed by atoms with Gasteiger partial charge in [0.2, 0.25) is 5.91 Å². The maximum absolute atomic E-state index is 13.0. The highest BCUT2D eigenvalue weighted by Crippen LogP contribution is 2.34. The summed E-state index contributed by atoms with van der Waals surface area (Å²) in [6, 6.07) is 10.0. The molecule has 0 saturated carbocycles. The lowest BCUT2D eigenvalue weighted by atomic mass is 9.84. The van der Waals surface area contributed by atoms with Gasteiger partial charge in [-0.2, -0.15) is 5.26 Å². The second-order valence-corrected chi connectivity index (χ2v) is 10.4. The number of carbonyl (C=O) groups is 1. The highest BCUT2D eigenvalue weighted by Gasteiger charge is 2.33. The van der Waals surface area contributed by atoms with Crippen molar-refractivity contribution in [2.45, 2.75) is 59.1 Å². The summed E-state index contributed by atoms with van der Waals surface area (Å²) in [5, 5.41) is 18.6. The number of hydrogen-bond acceptors (Lipinski definition) is 6. The van der Waals surface area contributed by atoms with Crippen LogP contribution >= 0.6 is 0 Å². The summed E-state index contributed by atoms with van der Waals surface area (Å²) in [5.41, 5.74) is 3.40. The minimum atomic E-state index is -0.384. The van der Waals surface area contributed by atoms with E-state index in [1.165, 1.54) is 0 Å². The Morgan fingerprint density at radius 2 is 2.09 bits per heavy atom. The molecule has 1 saturated heterocycles. The molecular weight excluding hydrogens is 440 g/mol. The van der Waals surface area contributed by atoms with Crippen LogP contribution in [0.3, 0.4) is 0 Å². The van der Waals surface area contributed by atoms with Crippen LogP contribution in [-0.2, 0) is 16.0 Å². The zero-order valence-corrected chi connectivity index (χ0v) is 21.9. The zero-order chi connectivity index (χ0) is 25.8. The van der Waals surface area contributed by atoms with Crippen molar-refractivity contribution in [1.82, 2.24) is 9.80 Å². The van der Waals surface area contributed by atoms with Crippen LogP contribution in [0.4, 0.5) is 0 Å². The van der Waals surface area contributed by atoms with E-state index in [1.807, 2.05) is 70.0 Å². The highest BCUT2D eigenvalue weighted by atomic mass is 16.5. The van der Waals surface area contributed by atoms with Gasteiger partial charge in [0.05, 0.1) is 31.3 Å². The number of piperazine rings is 1. The van der Waals surface area contributed by atoms with Crippen LogP contribution in [0.1, 0.15) is 46.6 Å². The number of allylic oxidation sites excluding steroid dienone is 1. The van der Waals surface area contributed by atoms with E-state index in [0.717, 1.165) is 22.5 Å². The minimum Gasteiger partial charge on any atom is -0.497 e. The lowest BCUT2D eigenvalue weighted by Crippen LogP contribution is -2.53. The number of amides is 1. The largest absolute Gasteiger partial charge is 0.497 e. The highest BCUT2D eigenvalue weighted by molar-refractivity contribution is 6.01. The van der Waals surface area contributed by atoms with Crippen molar-refractivity contribution in [3.8, 4) is 11.8 Å². The number of benzene rings is 1. The van der Waals surface area contributed by atoms with Crippen LogP contribution in [0.25, 0.3) is 0 Å². The summed E-state index contributed by atoms with van der Waals surface area (Å²) < 4.78 is 11.3. The molecule has 2 aliphatic heterocycles. The Kier molecular flexibility index (Phi) is 8.39. The monoisotopic (exact) mass is 478 g/mol. The Morgan fingerprint density at radius 1 is 1.34 bits per heavy atom. The van der Waals surface area contributed by atoms with Crippen molar-refractivity contribution < 1.29 is 14.3 Å². The predicted molar refractivity (Wildman–Crippen MR) is 137 cm³/mol. The average Bonchev–Trinajstić information content (AvgIpc) is 2.81. The first kappa shape index (κ1) is 26.5. The quantitative estimate of drug-likeness (QED) is 0.465. The molecule has 188 valence electrons. The summed E-state index contributed by atoms with van der Waals surface area (Å²) in [4.78, 5) is 17.1. The minimum absolute atomic E-state index is 0.0200. The fourth-order valence-electron chi connectivity index (χ4n) is 4.67. The summed E-state index contributed by atoms with van der Waals surface area (Å²) in [7, 11) is 1.62. The van der Waals surface area contributed by atoms with Gasteiger partial charge in [0, 0.05) is 49.6 Å². The maximum Gasteiger partial charge on any atom is 0.227 e. The molecule has 2 aliphatic rings. The molecule has 1 atom stereocenters. The normalized spacial score (nSPS) is 20.6. The molecule has 0 radical (unpaired) electrons. The third-order valence-corrected chi connectivity index (χ3v) is 6.70. The van der Waals surface area contributed by atoms with Gasteiger partial charge in [0.25, 0.3) is 0 Å². The topological polar surface area (TPSA) is 89.7 Å². The molecule has 1 N–H and O–H groups in total. The molecule has 3 rings (SSSR count). The van der Waals surface area contributed by atoms with Gasteiger partial charge >= 0.3 is 0 Å². The molecule has 7 nitrogen and oxygen atoms in total. The van der Waals surface area contributed by atoms with Crippen molar-refractivity contribution in [2.24, 2.45) is 5.92 Å². The van der Waals surface area contributed by atoms with Crippen LogP contribution < -0.4 is 4.74 Å². The van der Waals surface area contributed by atoms with Gasteiger partial charge in [-0.05, 0) is 50.0 Å². The number of carbonyl (C=O) groups excluding carboxylic acids is 1. The van der Waals surface area contributed by atoms with Gasteiger partial charge in [-0.15, -0.1) is 0 Å². The smallest absolute Gasteiger partial charge is 0.227 e. The number of nitrogens with zero attached hydrogens (tertiary/aromatic N) is 3. The Morgan fingerprint density at radius 3 is 2.71 bits per heavy atom. The third-order valence-electron chi connectivity index (χ3n) is 6.70. The number of hydrogen-bond donors (Lipinski definition) is 1. The second-order valence-electron chi connectivity index (χ2n) is 10.4. The van der Waals surface area contributed by atoms with E-state index in [9.17, 15) is 10.1 Å². The van der Waals surface area contributed by atoms with Gasteiger partial charge < -0.3 is 24.7 Å². The molecule has 0 unspecified atom stereocenters. The van der Waals surface area contributed by atoms with E-state index >= 15 is 0 Å². The van der Waals surface area contributed by atoms with E-state index in [4.69, 9.17) is 14.9 Å². The zero-order valence-electron chi connectivity index (χ0n) is 21.9. The van der Waals surface area contributed by atoms with Gasteiger partial charge in [0.15, 0.2) is 0 Å². The second kappa shape index (κ2) is 11.1. The summed E-state index contributed by atoms with van der Waals surface area (Å²) in [6.45, 7) is 12.3. The van der Waals surface area contributed by atoms with Gasteiger partial charge in [-0.1, -0.05) is 26.0 Å². The SMILES string of the molecule is COc1cccc(CC(=O)N2CCN(C=C(C#N)C3=C(C(=N)C(C)C)COC(C)(C)C3)C[C@H]2C)c1. The van der Waals surface area contributed by atoms with Crippen molar-refractivity contribution in [1.29, 1.82) is 10.7 Å². The maximum atomic E-state index is 13.0. The number of nitriles is 1. The molecule has 0 aliphatic carbocycles. The molecule has 0 aromatic heterocycles. The molecule has 1 aromatic carbocycles. The number of ether oxygens (including phenoxy) is 2. The molecule has 1 fully saturated rings. The van der Waals surface area contributed by atoms with Crippen LogP contribution in [0.2, 0.25) is 0 Å². The standard InChI is InChI=1S/C28H38N4O3/c1-19(2)27(30)25-18-35-28(4,5)14-24(25)22(15-29)17-31-10-11-32(20(3)16-31)26(33)13-21-8-7-9-23(12-21)34-6/h7-9,12,17,19-20,30H,10-11,13-14,16,18H2,1-6H3/t20-/m1/s1. The molecule has 1 aromatic rings. The van der Waals surface area contributed by atoms with Crippen LogP contribution in [0.15, 0.2) is 47.2 Å². The van der Waals surface area contributed by atoms with Crippen molar-refractivity contribution >= 4 is 11.6 Å². The molecule has 0 bridgehead atoms. The molecule has 35 heavy (non-hydrogen) atoms. The van der Waals surface area contributed by atoms with Gasteiger partial charge in [-0.25, -0.2) is 0 Å². The Labute approximate surface area is 209 Å². The summed E-state index contributed by atoms with van der Waals surface area (Å²) in [6.07, 6.45) is 2.85. The Bertz CT molecular complexity index is 1060. The molecule has 2 heterocycles. The number of nitrogens with one attached hydrogen (secondary N) is 1. The molecule has 0 spiro atoms. The lowest BCUT2D eigenvalue weighted by molar-refractivity contribution is -0.134. The number of rotatable bonds is 7.